The number of fused-ring (bicyclic) bond motifs is 1. The van der Waals surface area contributed by atoms with Crippen LogP contribution >= 0.6 is 23.5 Å². The van der Waals surface area contributed by atoms with E-state index in [2.05, 4.69) is 6.92 Å². The molecule has 2 aliphatic rings. The summed E-state index contributed by atoms with van der Waals surface area (Å²) in [6.07, 6.45) is 5.19. The minimum atomic E-state index is -0.0132. The van der Waals surface area contributed by atoms with E-state index in [1.54, 1.807) is 16.3 Å². The second kappa shape index (κ2) is 8.96. The Morgan fingerprint density at radius 1 is 1.28 bits per heavy atom. The van der Waals surface area contributed by atoms with Gasteiger partial charge >= 0.3 is 0 Å². The van der Waals surface area contributed by atoms with E-state index in [1.165, 1.54) is 18.2 Å². The van der Waals surface area contributed by atoms with Gasteiger partial charge in [0.1, 0.15) is 0 Å². The molecule has 1 unspecified atom stereocenters. The van der Waals surface area contributed by atoms with Crippen LogP contribution in [-0.2, 0) is 11.2 Å². The average molecular weight is 430 g/mol. The van der Waals surface area contributed by atoms with Gasteiger partial charge in [0.25, 0.3) is 5.56 Å². The van der Waals surface area contributed by atoms with Gasteiger partial charge in [-0.2, -0.15) is 0 Å². The number of carbonyl (C=O) groups is 1. The summed E-state index contributed by atoms with van der Waals surface area (Å²) in [6.45, 7) is 5.02. The van der Waals surface area contributed by atoms with Crippen molar-refractivity contribution < 1.29 is 4.79 Å². The maximum atomic E-state index is 13.2. The van der Waals surface area contributed by atoms with E-state index in [0.29, 0.717) is 17.0 Å². The number of aromatic nitrogens is 2. The first-order valence-electron chi connectivity index (χ1n) is 10.4. The number of amides is 1. The lowest BCUT2D eigenvalue weighted by Gasteiger charge is -2.35. The Labute approximate surface area is 180 Å². The quantitative estimate of drug-likeness (QED) is 0.530. The molecule has 1 aromatic heterocycles. The Morgan fingerprint density at radius 3 is 2.83 bits per heavy atom. The minimum absolute atomic E-state index is 0.0132. The molecule has 29 heavy (non-hydrogen) atoms. The molecule has 1 atom stereocenters. The predicted molar refractivity (Wildman–Crippen MR) is 119 cm³/mol. The Morgan fingerprint density at radius 2 is 2.07 bits per heavy atom. The number of nitrogens with zero attached hydrogens (tertiary/aromatic N) is 3. The predicted octanol–water partition coefficient (Wildman–Crippen LogP) is 4.07. The van der Waals surface area contributed by atoms with Crippen molar-refractivity contribution in [2.75, 3.05) is 18.1 Å². The molecule has 2 aromatic rings. The van der Waals surface area contributed by atoms with Crippen LogP contribution in [0.3, 0.4) is 0 Å². The fraction of sp³-hybridized carbons (Fsp3) is 0.500. The van der Waals surface area contributed by atoms with Gasteiger partial charge in [-0.1, -0.05) is 36.4 Å². The van der Waals surface area contributed by atoms with Gasteiger partial charge in [-0.15, -0.1) is 11.8 Å². The Bertz CT molecular complexity index is 956. The van der Waals surface area contributed by atoms with E-state index in [0.717, 1.165) is 59.8 Å². The summed E-state index contributed by atoms with van der Waals surface area (Å²) in [5.74, 6) is 1.37. The summed E-state index contributed by atoms with van der Waals surface area (Å²) in [5, 5.41) is 0.624. The molecule has 7 heteroatoms. The van der Waals surface area contributed by atoms with E-state index >= 15 is 0 Å². The van der Waals surface area contributed by atoms with Crippen molar-refractivity contribution in [1.82, 2.24) is 14.5 Å². The maximum absolute atomic E-state index is 13.2. The first kappa shape index (κ1) is 20.5. The van der Waals surface area contributed by atoms with Crippen LogP contribution in [0, 0.1) is 6.92 Å². The van der Waals surface area contributed by atoms with E-state index in [4.69, 9.17) is 4.98 Å². The lowest BCUT2D eigenvalue weighted by atomic mass is 10.0. The molecular weight excluding hydrogens is 402 g/mol. The molecule has 0 bridgehead atoms. The fourth-order valence-electron chi connectivity index (χ4n) is 4.07. The molecule has 3 heterocycles. The largest absolute Gasteiger partial charge is 0.339 e. The van der Waals surface area contributed by atoms with Crippen LogP contribution < -0.4 is 5.56 Å². The molecule has 0 N–H and O–H groups in total. The number of piperidine rings is 1. The van der Waals surface area contributed by atoms with Gasteiger partial charge in [0.05, 0.1) is 22.0 Å². The number of carbonyl (C=O) groups excluding carboxylic acids is 1. The van der Waals surface area contributed by atoms with Gasteiger partial charge in [0.2, 0.25) is 5.91 Å². The molecule has 154 valence electrons. The lowest BCUT2D eigenvalue weighted by molar-refractivity contribution is -0.132. The number of benzene rings is 1. The van der Waals surface area contributed by atoms with Crippen molar-refractivity contribution in [3.8, 4) is 5.69 Å². The third-order valence-electron chi connectivity index (χ3n) is 5.70. The van der Waals surface area contributed by atoms with Crippen molar-refractivity contribution in [2.45, 2.75) is 62.0 Å². The number of hydrogen-bond donors (Lipinski definition) is 0. The van der Waals surface area contributed by atoms with Crippen molar-refractivity contribution in [2.24, 2.45) is 0 Å². The van der Waals surface area contributed by atoms with Crippen LogP contribution in [0.1, 0.15) is 43.9 Å². The highest BCUT2D eigenvalue weighted by Crippen LogP contribution is 2.30. The topological polar surface area (TPSA) is 55.2 Å². The molecule has 1 amide bonds. The molecule has 4 rings (SSSR count). The van der Waals surface area contributed by atoms with Crippen LogP contribution in [0.15, 0.2) is 39.1 Å². The van der Waals surface area contributed by atoms with Crippen LogP contribution in [0.25, 0.3) is 5.69 Å². The highest BCUT2D eigenvalue weighted by molar-refractivity contribution is 8.00. The normalized spacial score (nSPS) is 18.7. The zero-order valence-corrected chi connectivity index (χ0v) is 18.7. The zero-order chi connectivity index (χ0) is 20.4. The van der Waals surface area contributed by atoms with Gasteiger partial charge in [0.15, 0.2) is 5.16 Å². The number of hydrogen-bond acceptors (Lipinski definition) is 5. The van der Waals surface area contributed by atoms with E-state index < -0.39 is 0 Å². The Hall–Kier alpha value is -1.73. The molecule has 0 aliphatic carbocycles. The fourth-order valence-corrected chi connectivity index (χ4v) is 6.01. The molecule has 1 fully saturated rings. The standard InChI is InChI=1S/C22H27N3O2S2/c1-3-16-6-4-5-12-24(16)19(26)14-29-22-23-18-11-13-28-20(18)21(27)25(22)17-9-7-15(2)8-10-17/h7-10,16H,3-6,11-14H2,1-2H3. The molecule has 1 aromatic carbocycles. The van der Waals surface area contributed by atoms with Crippen LogP contribution in [0.4, 0.5) is 0 Å². The molecule has 2 aliphatic heterocycles. The van der Waals surface area contributed by atoms with Gasteiger partial charge in [0, 0.05) is 24.8 Å². The molecule has 0 radical (unpaired) electrons. The minimum Gasteiger partial charge on any atom is -0.339 e. The van der Waals surface area contributed by atoms with E-state index in [9.17, 15) is 9.59 Å². The Balaban J connectivity index is 1.63. The number of aryl methyl sites for hydroxylation is 2. The highest BCUT2D eigenvalue weighted by atomic mass is 32.2. The van der Waals surface area contributed by atoms with Crippen LogP contribution in [0.5, 0.6) is 0 Å². The molecule has 0 spiro atoms. The summed E-state index contributed by atoms with van der Waals surface area (Å²) in [7, 11) is 0. The molecular formula is C22H27N3O2S2. The van der Waals surface area contributed by atoms with Crippen molar-refractivity contribution in [1.29, 1.82) is 0 Å². The van der Waals surface area contributed by atoms with E-state index in [-0.39, 0.29) is 11.5 Å². The summed E-state index contributed by atoms with van der Waals surface area (Å²) < 4.78 is 1.68. The number of thioether (sulfide) groups is 2. The van der Waals surface area contributed by atoms with Crippen molar-refractivity contribution in [3.05, 3.63) is 45.9 Å². The molecule has 5 nitrogen and oxygen atoms in total. The summed E-state index contributed by atoms with van der Waals surface area (Å²) in [5.41, 5.74) is 2.82. The lowest BCUT2D eigenvalue weighted by Crippen LogP contribution is -2.44. The molecule has 0 saturated carbocycles. The third kappa shape index (κ3) is 4.26. The van der Waals surface area contributed by atoms with Crippen LogP contribution in [0.2, 0.25) is 0 Å². The Kier molecular flexibility index (Phi) is 6.35. The summed E-state index contributed by atoms with van der Waals surface area (Å²) >= 11 is 2.98. The second-order valence-corrected chi connectivity index (χ2v) is 9.73. The van der Waals surface area contributed by atoms with Gasteiger partial charge in [-0.05, 0) is 44.7 Å². The maximum Gasteiger partial charge on any atom is 0.272 e. The monoisotopic (exact) mass is 429 g/mol. The number of rotatable bonds is 5. The van der Waals surface area contributed by atoms with Crippen molar-refractivity contribution in [3.63, 3.8) is 0 Å². The third-order valence-corrected chi connectivity index (χ3v) is 7.73. The summed E-state index contributed by atoms with van der Waals surface area (Å²) in [4.78, 5) is 33.7. The smallest absolute Gasteiger partial charge is 0.272 e. The van der Waals surface area contributed by atoms with E-state index in [1.807, 2.05) is 36.1 Å². The van der Waals surface area contributed by atoms with Gasteiger partial charge in [-0.25, -0.2) is 4.98 Å². The molecule has 1 saturated heterocycles. The van der Waals surface area contributed by atoms with Gasteiger partial charge in [-0.3, -0.25) is 14.2 Å². The van der Waals surface area contributed by atoms with Gasteiger partial charge < -0.3 is 4.90 Å². The average Bonchev–Trinajstić information content (AvgIpc) is 3.22. The number of likely N-dealkylation sites (tertiary alicyclic amines) is 1. The zero-order valence-electron chi connectivity index (χ0n) is 17.0. The highest BCUT2D eigenvalue weighted by Gasteiger charge is 2.27. The summed E-state index contributed by atoms with van der Waals surface area (Å²) in [6, 6.07) is 8.26. The SMILES string of the molecule is CCC1CCCCN1C(=O)CSc1nc2c(c(=O)n1-c1ccc(C)cc1)SCC2. The van der Waals surface area contributed by atoms with Crippen molar-refractivity contribution >= 4 is 29.4 Å². The van der Waals surface area contributed by atoms with Crippen LogP contribution in [-0.4, -0.2) is 44.5 Å². The first-order chi connectivity index (χ1) is 14.1. The first-order valence-corrected chi connectivity index (χ1v) is 12.3. The second-order valence-electron chi connectivity index (χ2n) is 7.68.